The third kappa shape index (κ3) is 5.61. The zero-order valence-corrected chi connectivity index (χ0v) is 18.1. The molecule has 1 heterocycles. The second kappa shape index (κ2) is 10.2. The minimum absolute atomic E-state index is 0.0913. The first kappa shape index (κ1) is 21.7. The molecule has 0 radical (unpaired) electrons. The van der Waals surface area contributed by atoms with E-state index in [4.69, 9.17) is 4.74 Å². The second-order valence-electron chi connectivity index (χ2n) is 6.90. The van der Waals surface area contributed by atoms with Crippen LogP contribution in [0.1, 0.15) is 5.56 Å². The third-order valence-corrected chi connectivity index (χ3v) is 5.32. The van der Waals surface area contributed by atoms with Gasteiger partial charge in [0.15, 0.2) is 11.7 Å². The maximum atomic E-state index is 12.7. The highest BCUT2D eigenvalue weighted by atomic mass is 32.1. The van der Waals surface area contributed by atoms with Gasteiger partial charge in [-0.2, -0.15) is 5.26 Å². The van der Waals surface area contributed by atoms with E-state index >= 15 is 0 Å². The van der Waals surface area contributed by atoms with E-state index in [1.807, 2.05) is 42.5 Å². The SMILES string of the molecule is N#CC(=Cc1ccccc1OCC(=O)Nc1nccs1)C(=O)Nc1ccc2ccccc2c1. The molecule has 7 nitrogen and oxygen atoms in total. The number of carbonyl (C=O) groups excluding carboxylic acids is 2. The summed E-state index contributed by atoms with van der Waals surface area (Å²) in [5.41, 5.74) is 0.999. The van der Waals surface area contributed by atoms with Gasteiger partial charge in [0.2, 0.25) is 0 Å². The lowest BCUT2D eigenvalue weighted by atomic mass is 10.1. The minimum atomic E-state index is -0.538. The van der Waals surface area contributed by atoms with Gasteiger partial charge in [0.25, 0.3) is 11.8 Å². The molecule has 8 heteroatoms. The summed E-state index contributed by atoms with van der Waals surface area (Å²) in [6, 6.07) is 22.1. The monoisotopic (exact) mass is 454 g/mol. The molecule has 4 rings (SSSR count). The third-order valence-electron chi connectivity index (χ3n) is 4.63. The van der Waals surface area contributed by atoms with Crippen LogP contribution in [0.15, 0.2) is 83.9 Å². The Kier molecular flexibility index (Phi) is 6.73. The molecule has 0 spiro atoms. The molecular weight excluding hydrogens is 436 g/mol. The van der Waals surface area contributed by atoms with Crippen molar-refractivity contribution in [3.8, 4) is 11.8 Å². The number of anilines is 2. The molecule has 1 aromatic heterocycles. The quantitative estimate of drug-likeness (QED) is 0.307. The van der Waals surface area contributed by atoms with Crippen LogP contribution >= 0.6 is 11.3 Å². The van der Waals surface area contributed by atoms with Gasteiger partial charge in [-0.05, 0) is 35.0 Å². The van der Waals surface area contributed by atoms with Gasteiger partial charge in [-0.25, -0.2) is 4.98 Å². The van der Waals surface area contributed by atoms with Crippen molar-refractivity contribution in [2.75, 3.05) is 17.2 Å². The van der Waals surface area contributed by atoms with E-state index in [9.17, 15) is 14.9 Å². The molecule has 4 aromatic rings. The van der Waals surface area contributed by atoms with Gasteiger partial charge in [0, 0.05) is 22.8 Å². The normalized spacial score (nSPS) is 10.9. The largest absolute Gasteiger partial charge is 0.483 e. The Morgan fingerprint density at radius 1 is 1.03 bits per heavy atom. The van der Waals surface area contributed by atoms with Gasteiger partial charge in [0.1, 0.15) is 17.4 Å². The Hall–Kier alpha value is -4.48. The lowest BCUT2D eigenvalue weighted by Crippen LogP contribution is -2.20. The van der Waals surface area contributed by atoms with Crippen molar-refractivity contribution in [3.63, 3.8) is 0 Å². The highest BCUT2D eigenvalue weighted by molar-refractivity contribution is 7.13. The number of ether oxygens (including phenoxy) is 1. The molecule has 33 heavy (non-hydrogen) atoms. The number of nitrogens with one attached hydrogen (secondary N) is 2. The average Bonchev–Trinajstić information content (AvgIpc) is 3.34. The summed E-state index contributed by atoms with van der Waals surface area (Å²) in [6.07, 6.45) is 3.03. The smallest absolute Gasteiger partial charge is 0.266 e. The Balaban J connectivity index is 1.47. The number of fused-ring (bicyclic) bond motifs is 1. The van der Waals surface area contributed by atoms with E-state index < -0.39 is 5.91 Å². The summed E-state index contributed by atoms with van der Waals surface area (Å²) >= 11 is 1.30. The molecule has 0 saturated heterocycles. The topological polar surface area (TPSA) is 104 Å². The van der Waals surface area contributed by atoms with Crippen LogP contribution in [0.5, 0.6) is 5.75 Å². The highest BCUT2D eigenvalue weighted by Crippen LogP contribution is 2.23. The number of rotatable bonds is 7. The van der Waals surface area contributed by atoms with Crippen LogP contribution in [0.4, 0.5) is 10.8 Å². The standard InChI is InChI=1S/C25H18N4O3S/c26-15-20(24(31)28-21-10-9-17-5-1-2-6-18(17)14-21)13-19-7-3-4-8-22(19)32-16-23(30)29-25-27-11-12-33-25/h1-14H,16H2,(H,28,31)(H,27,29,30). The van der Waals surface area contributed by atoms with E-state index in [2.05, 4.69) is 15.6 Å². The fraction of sp³-hybridized carbons (Fsp3) is 0.0400. The molecule has 0 aliphatic rings. The van der Waals surface area contributed by atoms with Crippen molar-refractivity contribution in [3.05, 3.63) is 89.4 Å². The second-order valence-corrected chi connectivity index (χ2v) is 7.79. The number of amides is 2. The van der Waals surface area contributed by atoms with Crippen LogP contribution in [-0.4, -0.2) is 23.4 Å². The molecule has 2 N–H and O–H groups in total. The number of thiazole rings is 1. The van der Waals surface area contributed by atoms with Gasteiger partial charge in [0.05, 0.1) is 0 Å². The molecule has 0 saturated carbocycles. The lowest BCUT2D eigenvalue weighted by Gasteiger charge is -2.10. The summed E-state index contributed by atoms with van der Waals surface area (Å²) in [4.78, 5) is 28.8. The van der Waals surface area contributed by atoms with Crippen molar-refractivity contribution in [2.24, 2.45) is 0 Å². The van der Waals surface area contributed by atoms with Crippen molar-refractivity contribution >= 4 is 50.8 Å². The Labute approximate surface area is 194 Å². The Morgan fingerprint density at radius 3 is 2.61 bits per heavy atom. The van der Waals surface area contributed by atoms with E-state index in [0.717, 1.165) is 10.8 Å². The number of aromatic nitrogens is 1. The number of benzene rings is 3. The summed E-state index contributed by atoms with van der Waals surface area (Å²) in [7, 11) is 0. The maximum Gasteiger partial charge on any atom is 0.266 e. The first-order valence-corrected chi connectivity index (χ1v) is 10.8. The molecule has 0 aliphatic heterocycles. The number of para-hydroxylation sites is 1. The van der Waals surface area contributed by atoms with Crippen molar-refractivity contribution in [1.29, 1.82) is 5.26 Å². The average molecular weight is 455 g/mol. The first-order chi connectivity index (χ1) is 16.1. The Bertz CT molecular complexity index is 1370. The van der Waals surface area contributed by atoms with Crippen LogP contribution in [0.2, 0.25) is 0 Å². The molecule has 2 amide bonds. The van der Waals surface area contributed by atoms with Gasteiger partial charge < -0.3 is 10.1 Å². The molecule has 0 bridgehead atoms. The predicted molar refractivity (Wildman–Crippen MR) is 129 cm³/mol. The van der Waals surface area contributed by atoms with Gasteiger partial charge in [-0.3, -0.25) is 14.9 Å². The highest BCUT2D eigenvalue weighted by Gasteiger charge is 2.13. The zero-order valence-electron chi connectivity index (χ0n) is 17.3. The van der Waals surface area contributed by atoms with E-state index in [1.54, 1.807) is 41.9 Å². The van der Waals surface area contributed by atoms with Crippen molar-refractivity contribution in [1.82, 2.24) is 4.98 Å². The van der Waals surface area contributed by atoms with E-state index in [-0.39, 0.29) is 18.1 Å². The predicted octanol–water partition coefficient (Wildman–Crippen LogP) is 4.86. The van der Waals surface area contributed by atoms with Crippen molar-refractivity contribution in [2.45, 2.75) is 0 Å². The minimum Gasteiger partial charge on any atom is -0.483 e. The zero-order chi connectivity index (χ0) is 23.0. The fourth-order valence-corrected chi connectivity index (χ4v) is 3.63. The van der Waals surface area contributed by atoms with Crippen LogP contribution in [0, 0.1) is 11.3 Å². The number of nitriles is 1. The number of hydrogen-bond acceptors (Lipinski definition) is 6. The van der Waals surface area contributed by atoms with Crippen LogP contribution < -0.4 is 15.4 Å². The lowest BCUT2D eigenvalue weighted by molar-refractivity contribution is -0.118. The molecule has 3 aromatic carbocycles. The number of carbonyl (C=O) groups is 2. The van der Waals surface area contributed by atoms with Crippen LogP contribution in [0.25, 0.3) is 16.8 Å². The molecule has 0 aliphatic carbocycles. The van der Waals surface area contributed by atoms with Crippen LogP contribution in [-0.2, 0) is 9.59 Å². The van der Waals surface area contributed by atoms with Crippen LogP contribution in [0.3, 0.4) is 0 Å². The summed E-state index contributed by atoms with van der Waals surface area (Å²) in [5.74, 6) is -0.527. The summed E-state index contributed by atoms with van der Waals surface area (Å²) in [5, 5.41) is 19.2. The molecule has 162 valence electrons. The molecule has 0 unspecified atom stereocenters. The van der Waals surface area contributed by atoms with Gasteiger partial charge in [-0.1, -0.05) is 48.5 Å². The Morgan fingerprint density at radius 2 is 1.82 bits per heavy atom. The molecule has 0 atom stereocenters. The summed E-state index contributed by atoms with van der Waals surface area (Å²) in [6.45, 7) is -0.240. The van der Waals surface area contributed by atoms with E-state index in [1.165, 1.54) is 17.4 Å². The molecule has 0 fully saturated rings. The maximum absolute atomic E-state index is 12.7. The number of nitrogens with zero attached hydrogens (tertiary/aromatic N) is 2. The number of hydrogen-bond donors (Lipinski definition) is 2. The summed E-state index contributed by atoms with van der Waals surface area (Å²) < 4.78 is 5.62. The van der Waals surface area contributed by atoms with E-state index in [0.29, 0.717) is 22.1 Å². The van der Waals surface area contributed by atoms with Gasteiger partial charge in [-0.15, -0.1) is 11.3 Å². The van der Waals surface area contributed by atoms with Gasteiger partial charge >= 0.3 is 0 Å². The first-order valence-electron chi connectivity index (χ1n) is 9.95. The van der Waals surface area contributed by atoms with Crippen molar-refractivity contribution < 1.29 is 14.3 Å². The molecular formula is C25H18N4O3S. The fourth-order valence-electron chi connectivity index (χ4n) is 3.08.